The van der Waals surface area contributed by atoms with Gasteiger partial charge in [0.15, 0.2) is 5.76 Å². The van der Waals surface area contributed by atoms with Gasteiger partial charge in [0, 0.05) is 17.7 Å². The Bertz CT molecular complexity index is 1020. The second-order valence-corrected chi connectivity index (χ2v) is 6.03. The minimum Gasteiger partial charge on any atom is -0.497 e. The lowest BCUT2D eigenvalue weighted by atomic mass is 10.1. The van der Waals surface area contributed by atoms with E-state index in [1.165, 1.54) is 14.2 Å². The van der Waals surface area contributed by atoms with Crippen LogP contribution in [0.1, 0.15) is 0 Å². The zero-order valence-corrected chi connectivity index (χ0v) is 16.0. The van der Waals surface area contributed by atoms with Crippen LogP contribution >= 0.6 is 8.46 Å². The fourth-order valence-electron chi connectivity index (χ4n) is 2.72. The second kappa shape index (κ2) is 8.10. The molecule has 140 valence electrons. The molecule has 0 bridgehead atoms. The minimum atomic E-state index is -0.610. The van der Waals surface area contributed by atoms with Crippen molar-refractivity contribution in [3.05, 3.63) is 46.6 Å². The topological polar surface area (TPSA) is 84.2 Å². The van der Waals surface area contributed by atoms with Gasteiger partial charge in [-0.05, 0) is 24.3 Å². The Balaban J connectivity index is 2.27. The Labute approximate surface area is 156 Å². The van der Waals surface area contributed by atoms with Crippen molar-refractivity contribution in [3.8, 4) is 34.3 Å². The summed E-state index contributed by atoms with van der Waals surface area (Å²) in [6.45, 7) is 0. The van der Waals surface area contributed by atoms with Gasteiger partial charge in [0.25, 0.3) is 6.35 Å². The van der Waals surface area contributed by atoms with E-state index in [-0.39, 0.29) is 40.0 Å². The highest BCUT2D eigenvalue weighted by atomic mass is 31.1. The summed E-state index contributed by atoms with van der Waals surface area (Å²) in [6, 6.07) is 10.2. The molecule has 1 unspecified atom stereocenters. The van der Waals surface area contributed by atoms with Gasteiger partial charge in [-0.1, -0.05) is 4.57 Å². The molecule has 0 radical (unpaired) electrons. The molecule has 0 fully saturated rings. The predicted molar refractivity (Wildman–Crippen MR) is 102 cm³/mol. The molecule has 0 saturated heterocycles. The molecule has 3 rings (SSSR count). The predicted octanol–water partition coefficient (Wildman–Crippen LogP) is 3.85. The van der Waals surface area contributed by atoms with E-state index in [0.717, 1.165) is 0 Å². The van der Waals surface area contributed by atoms with Crippen molar-refractivity contribution in [2.45, 2.75) is 0 Å². The molecule has 1 aromatic heterocycles. The third-order valence-electron chi connectivity index (χ3n) is 3.97. The first kappa shape index (κ1) is 18.7. The molecule has 1 heterocycles. The Kier molecular flexibility index (Phi) is 5.62. The lowest BCUT2D eigenvalue weighted by Gasteiger charge is -2.12. The molecule has 3 aromatic rings. The summed E-state index contributed by atoms with van der Waals surface area (Å²) >= 11 is 0. The molecule has 0 aliphatic carbocycles. The lowest BCUT2D eigenvalue weighted by molar-refractivity contribution is 0.374. The highest BCUT2D eigenvalue weighted by Gasteiger charge is 2.21. The lowest BCUT2D eigenvalue weighted by Crippen LogP contribution is -2.09. The summed E-state index contributed by atoms with van der Waals surface area (Å²) in [7, 11) is 3.81. The number of hydrogen-bond donors (Lipinski definition) is 0. The van der Waals surface area contributed by atoms with E-state index < -0.39 is 8.46 Å². The van der Waals surface area contributed by atoms with Crippen LogP contribution in [0.25, 0.3) is 22.3 Å². The zero-order valence-electron chi connectivity index (χ0n) is 15.0. The molecule has 7 nitrogen and oxygen atoms in total. The third-order valence-corrected chi connectivity index (χ3v) is 4.23. The van der Waals surface area contributed by atoms with E-state index in [1.807, 2.05) is 0 Å². The van der Waals surface area contributed by atoms with Gasteiger partial charge in [-0.2, -0.15) is 0 Å². The van der Waals surface area contributed by atoms with Gasteiger partial charge in [-0.15, -0.1) is 0 Å². The van der Waals surface area contributed by atoms with E-state index in [2.05, 4.69) is 0 Å². The Hall–Kier alpha value is -3.05. The molecule has 27 heavy (non-hydrogen) atoms. The first-order chi connectivity index (χ1) is 13.1. The molecule has 8 heteroatoms. The number of ether oxygens (including phenoxy) is 4. The summed E-state index contributed by atoms with van der Waals surface area (Å²) in [5.74, 6) is 1.70. The largest absolute Gasteiger partial charge is 0.497 e. The first-order valence-corrected chi connectivity index (χ1v) is 9.09. The van der Waals surface area contributed by atoms with E-state index in [0.29, 0.717) is 17.1 Å². The Morgan fingerprint density at radius 2 is 1.70 bits per heavy atom. The highest BCUT2D eigenvalue weighted by molar-refractivity contribution is 7.23. The smallest absolute Gasteiger partial charge is 0.365 e. The molecule has 0 saturated carbocycles. The third kappa shape index (κ3) is 3.59. The second-order valence-electron chi connectivity index (χ2n) is 5.45. The van der Waals surface area contributed by atoms with Gasteiger partial charge in [0.05, 0.1) is 21.3 Å². The molecular formula is C19H18O7P+. The standard InChI is InChI=1S/C19H17O7P/c1-22-12-6-4-11(5-7-12)18-19(24-3)17(20)16-14(23-2)8-13(25-10-27-21)9-15(16)26-18/h4-9H,10H2,1-3H3/p+1. The molecule has 0 N–H and O–H groups in total. The number of rotatable bonds is 7. The van der Waals surface area contributed by atoms with Crippen LogP contribution in [0.3, 0.4) is 0 Å². The van der Waals surface area contributed by atoms with E-state index in [1.54, 1.807) is 43.5 Å². The summed E-state index contributed by atoms with van der Waals surface area (Å²) in [4.78, 5) is 13.0. The molecule has 1 atom stereocenters. The quantitative estimate of drug-likeness (QED) is 0.568. The summed E-state index contributed by atoms with van der Waals surface area (Å²) < 4.78 is 37.9. The molecular weight excluding hydrogens is 371 g/mol. The van der Waals surface area contributed by atoms with Gasteiger partial charge in [-0.25, -0.2) is 0 Å². The van der Waals surface area contributed by atoms with Crippen molar-refractivity contribution >= 4 is 19.4 Å². The molecule has 0 aliphatic heterocycles. The fraction of sp³-hybridized carbons (Fsp3) is 0.211. The zero-order chi connectivity index (χ0) is 19.4. The van der Waals surface area contributed by atoms with Crippen LogP contribution in [0.5, 0.6) is 23.0 Å². The Morgan fingerprint density at radius 1 is 0.963 bits per heavy atom. The van der Waals surface area contributed by atoms with Gasteiger partial charge in [0.2, 0.25) is 11.2 Å². The van der Waals surface area contributed by atoms with Crippen molar-refractivity contribution in [1.29, 1.82) is 0 Å². The van der Waals surface area contributed by atoms with Crippen molar-refractivity contribution in [3.63, 3.8) is 0 Å². The summed E-state index contributed by atoms with van der Waals surface area (Å²) in [5.41, 5.74) is 0.562. The van der Waals surface area contributed by atoms with Crippen LogP contribution in [0.15, 0.2) is 45.6 Å². The van der Waals surface area contributed by atoms with Gasteiger partial charge < -0.3 is 23.4 Å². The summed E-state index contributed by atoms with van der Waals surface area (Å²) in [5, 5.41) is 0.239. The average molecular weight is 389 g/mol. The van der Waals surface area contributed by atoms with Gasteiger partial charge >= 0.3 is 8.46 Å². The normalized spacial score (nSPS) is 10.8. The molecule has 0 spiro atoms. The van der Waals surface area contributed by atoms with Crippen molar-refractivity contribution < 1.29 is 27.9 Å². The highest BCUT2D eigenvalue weighted by Crippen LogP contribution is 2.36. The Morgan fingerprint density at radius 3 is 2.30 bits per heavy atom. The number of hydrogen-bond acceptors (Lipinski definition) is 7. The van der Waals surface area contributed by atoms with Crippen LogP contribution in [0.4, 0.5) is 0 Å². The molecule has 0 aliphatic rings. The first-order valence-electron chi connectivity index (χ1n) is 7.98. The summed E-state index contributed by atoms with van der Waals surface area (Å²) in [6.07, 6.45) is 0.0282. The van der Waals surface area contributed by atoms with Crippen molar-refractivity contribution in [2.24, 2.45) is 0 Å². The SMILES string of the molecule is COc1ccc(-c2oc3cc(OC[PH+]=O)cc(OC)c3c(=O)c2OC)cc1. The number of methoxy groups -OCH3 is 3. The van der Waals surface area contributed by atoms with E-state index in [4.69, 9.17) is 23.4 Å². The van der Waals surface area contributed by atoms with Crippen LogP contribution in [0.2, 0.25) is 0 Å². The van der Waals surface area contributed by atoms with Crippen LogP contribution in [-0.4, -0.2) is 27.7 Å². The maximum atomic E-state index is 13.0. The van der Waals surface area contributed by atoms with E-state index in [9.17, 15) is 9.36 Å². The number of fused-ring (bicyclic) bond motifs is 1. The fourth-order valence-corrected chi connectivity index (χ4v) is 2.94. The van der Waals surface area contributed by atoms with Crippen LogP contribution in [-0.2, 0) is 4.57 Å². The molecule has 0 amide bonds. The number of benzene rings is 2. The van der Waals surface area contributed by atoms with Gasteiger partial charge in [-0.3, -0.25) is 4.79 Å². The van der Waals surface area contributed by atoms with Crippen LogP contribution in [0, 0.1) is 0 Å². The monoisotopic (exact) mass is 389 g/mol. The van der Waals surface area contributed by atoms with Crippen molar-refractivity contribution in [1.82, 2.24) is 0 Å². The van der Waals surface area contributed by atoms with Gasteiger partial charge in [0.1, 0.15) is 28.2 Å². The molecule has 2 aromatic carbocycles. The maximum Gasteiger partial charge on any atom is 0.365 e. The maximum absolute atomic E-state index is 13.0. The van der Waals surface area contributed by atoms with E-state index >= 15 is 0 Å². The van der Waals surface area contributed by atoms with Crippen molar-refractivity contribution in [2.75, 3.05) is 27.7 Å². The minimum absolute atomic E-state index is 0.0282. The average Bonchev–Trinajstić information content (AvgIpc) is 2.71. The van der Waals surface area contributed by atoms with Crippen LogP contribution < -0.4 is 24.4 Å².